The Morgan fingerprint density at radius 2 is 1.96 bits per heavy atom. The van der Waals surface area contributed by atoms with Crippen LogP contribution in [0.15, 0.2) is 23.1 Å². The Hall–Kier alpha value is -4.47. The summed E-state index contributed by atoms with van der Waals surface area (Å²) in [5.41, 5.74) is -1.65. The van der Waals surface area contributed by atoms with Gasteiger partial charge in [-0.15, -0.1) is 0 Å². The Balaban J connectivity index is 1.33. The first-order chi connectivity index (χ1) is 22.9. The van der Waals surface area contributed by atoms with Crippen LogP contribution in [-0.4, -0.2) is 86.7 Å². The summed E-state index contributed by atoms with van der Waals surface area (Å²) < 4.78 is 53.0. The number of carbonyl (C=O) groups is 2. The number of aryl methyl sites for hydroxylation is 1. The summed E-state index contributed by atoms with van der Waals surface area (Å²) in [4.78, 5) is 51.3. The molecule has 3 aromatic heterocycles. The van der Waals surface area contributed by atoms with Gasteiger partial charge in [-0.25, -0.2) is 14.4 Å². The van der Waals surface area contributed by atoms with E-state index in [1.54, 1.807) is 7.11 Å². The van der Waals surface area contributed by atoms with Gasteiger partial charge in [0.2, 0.25) is 17.7 Å². The molecule has 1 amide bonds. The molecule has 2 N–H and O–H groups in total. The fourth-order valence-corrected chi connectivity index (χ4v) is 6.56. The number of hydrogen-bond acceptors (Lipinski definition) is 9. The average Bonchev–Trinajstić information content (AvgIpc) is 3.68. The number of aromatic nitrogens is 4. The molecule has 0 spiro atoms. The van der Waals surface area contributed by atoms with Crippen LogP contribution in [0.4, 0.5) is 24.7 Å². The number of piperazine rings is 1. The molecule has 2 atom stereocenters. The normalized spacial score (nSPS) is 17.1. The van der Waals surface area contributed by atoms with Gasteiger partial charge in [-0.05, 0) is 26.3 Å². The zero-order valence-electron chi connectivity index (χ0n) is 26.4. The van der Waals surface area contributed by atoms with Crippen LogP contribution >= 0.6 is 11.6 Å². The van der Waals surface area contributed by atoms with E-state index in [0.29, 0.717) is 44.8 Å². The Bertz CT molecular complexity index is 2000. The van der Waals surface area contributed by atoms with E-state index in [2.05, 4.69) is 20.2 Å². The zero-order valence-corrected chi connectivity index (χ0v) is 27.2. The van der Waals surface area contributed by atoms with E-state index in [9.17, 15) is 23.9 Å². The maximum Gasteiger partial charge on any atom is 0.263 e. The molecular formula is C32H33ClF3N7O5. The van der Waals surface area contributed by atoms with Gasteiger partial charge in [0.05, 0.1) is 22.7 Å². The van der Waals surface area contributed by atoms with E-state index in [-0.39, 0.29) is 46.5 Å². The molecule has 16 heteroatoms. The zero-order chi connectivity index (χ0) is 34.4. The van der Waals surface area contributed by atoms with Crippen molar-refractivity contribution < 1.29 is 32.6 Å². The van der Waals surface area contributed by atoms with Crippen molar-refractivity contribution in [2.24, 2.45) is 0 Å². The third kappa shape index (κ3) is 6.01. The van der Waals surface area contributed by atoms with Gasteiger partial charge in [-0.3, -0.25) is 23.9 Å². The smallest absolute Gasteiger partial charge is 0.263 e. The van der Waals surface area contributed by atoms with Crippen molar-refractivity contribution in [1.29, 1.82) is 0 Å². The second-order valence-electron chi connectivity index (χ2n) is 12.1. The molecule has 4 aromatic rings. The molecular weight excluding hydrogens is 655 g/mol. The largest absolute Gasteiger partial charge is 0.504 e. The highest BCUT2D eigenvalue weighted by molar-refractivity contribution is 6.33. The number of nitrogens with one attached hydrogen (secondary N) is 1. The summed E-state index contributed by atoms with van der Waals surface area (Å²) >= 11 is 6.24. The van der Waals surface area contributed by atoms with Crippen molar-refractivity contribution in [2.75, 3.05) is 43.5 Å². The van der Waals surface area contributed by atoms with Crippen LogP contribution < -0.4 is 15.8 Å². The van der Waals surface area contributed by atoms with Gasteiger partial charge in [-0.1, -0.05) is 11.6 Å². The molecule has 1 saturated heterocycles. The monoisotopic (exact) mass is 687 g/mol. The van der Waals surface area contributed by atoms with Gasteiger partial charge in [-0.2, -0.15) is 8.78 Å². The number of fused-ring (bicyclic) bond motifs is 2. The van der Waals surface area contributed by atoms with Gasteiger partial charge in [0.25, 0.3) is 5.56 Å². The molecule has 0 bridgehead atoms. The number of nitrogens with zero attached hydrogens (tertiary/aromatic N) is 6. The maximum absolute atomic E-state index is 15.2. The van der Waals surface area contributed by atoms with Crippen molar-refractivity contribution in [2.45, 2.75) is 51.9 Å². The van der Waals surface area contributed by atoms with E-state index in [4.69, 9.17) is 16.3 Å². The molecule has 1 unspecified atom stereocenters. The van der Waals surface area contributed by atoms with Crippen molar-refractivity contribution >= 4 is 46.3 Å². The lowest BCUT2D eigenvalue weighted by Crippen LogP contribution is -2.53. The molecule has 0 aliphatic carbocycles. The molecule has 2 aliphatic heterocycles. The number of rotatable bonds is 9. The van der Waals surface area contributed by atoms with E-state index >= 15 is 8.78 Å². The van der Waals surface area contributed by atoms with E-state index in [0.717, 1.165) is 12.6 Å². The molecule has 254 valence electrons. The van der Waals surface area contributed by atoms with Crippen LogP contribution in [0.25, 0.3) is 22.2 Å². The minimum atomic E-state index is -1.66. The molecule has 6 rings (SSSR count). The highest BCUT2D eigenvalue weighted by atomic mass is 35.5. The first kappa shape index (κ1) is 33.4. The summed E-state index contributed by atoms with van der Waals surface area (Å²) in [7, 11) is 1.65. The molecule has 0 radical (unpaired) electrons. The van der Waals surface area contributed by atoms with Gasteiger partial charge in [0.1, 0.15) is 28.9 Å². The summed E-state index contributed by atoms with van der Waals surface area (Å²) in [6, 6.07) is 2.37. The lowest BCUT2D eigenvalue weighted by atomic mass is 10.0. The first-order valence-corrected chi connectivity index (χ1v) is 15.8. The number of phenols is 1. The van der Waals surface area contributed by atoms with Gasteiger partial charge >= 0.3 is 0 Å². The van der Waals surface area contributed by atoms with Crippen LogP contribution in [-0.2, 0) is 29.0 Å². The number of carbonyl (C=O) groups excluding carboxylic acids is 2. The maximum atomic E-state index is 15.2. The molecule has 1 aromatic carbocycles. The Kier molecular flexibility index (Phi) is 9.20. The Labute approximate surface area is 277 Å². The van der Waals surface area contributed by atoms with E-state index < -0.39 is 57.5 Å². The van der Waals surface area contributed by atoms with Gasteiger partial charge in [0, 0.05) is 75.7 Å². The molecule has 12 nitrogen and oxygen atoms in total. The molecule has 5 heterocycles. The van der Waals surface area contributed by atoms with Crippen molar-refractivity contribution in [1.82, 2.24) is 24.0 Å². The fraction of sp³-hybridized carbons (Fsp3) is 0.406. The fourth-order valence-electron chi connectivity index (χ4n) is 6.42. The van der Waals surface area contributed by atoms with E-state index in [1.165, 1.54) is 21.4 Å². The van der Waals surface area contributed by atoms with Crippen LogP contribution in [0.3, 0.4) is 0 Å². The van der Waals surface area contributed by atoms with Gasteiger partial charge < -0.3 is 24.6 Å². The topological polar surface area (TPSA) is 135 Å². The van der Waals surface area contributed by atoms with Crippen LogP contribution in [0.1, 0.15) is 36.5 Å². The summed E-state index contributed by atoms with van der Waals surface area (Å²) in [5, 5.41) is 12.0. The predicted octanol–water partition coefficient (Wildman–Crippen LogP) is 3.98. The molecule has 48 heavy (non-hydrogen) atoms. The highest BCUT2D eigenvalue weighted by Crippen LogP contribution is 2.36. The van der Waals surface area contributed by atoms with Crippen LogP contribution in [0.5, 0.6) is 5.75 Å². The van der Waals surface area contributed by atoms with Crippen LogP contribution in [0, 0.1) is 17.6 Å². The number of hydrogen-bond donors (Lipinski definition) is 2. The van der Waals surface area contributed by atoms with Crippen molar-refractivity contribution in [3.05, 3.63) is 62.7 Å². The lowest BCUT2D eigenvalue weighted by Gasteiger charge is -2.41. The van der Waals surface area contributed by atoms with Crippen LogP contribution in [0.2, 0.25) is 5.02 Å². The van der Waals surface area contributed by atoms with Gasteiger partial charge in [0.15, 0.2) is 17.9 Å². The second kappa shape index (κ2) is 13.2. The standard InChI is InChI=1S/C32H33ClF3N7O5/c1-16-11-40(12-17(2)48-3)7-8-42(16)23-10-21(26(33)30(36)38-23)37-24(45)14-41-13-20(19-9-18(15-44)29(46)28(35)27(19)34)25-31(41)39-22-5-4-6-43(22)32(25)47/h9-10,13,15-17,46H,4-8,11-12,14H2,1-3H3,(H,37,38,45)/t16?,17-/m0/s1. The molecule has 1 fully saturated rings. The highest BCUT2D eigenvalue weighted by Gasteiger charge is 2.29. The number of phenolic OH excluding ortho intramolecular Hbond substituents is 1. The third-order valence-electron chi connectivity index (χ3n) is 8.88. The number of aldehydes is 1. The number of pyridine rings is 1. The summed E-state index contributed by atoms with van der Waals surface area (Å²) in [6.07, 6.45) is 2.59. The average molecular weight is 688 g/mol. The number of ether oxygens (including phenoxy) is 1. The summed E-state index contributed by atoms with van der Waals surface area (Å²) in [6.45, 7) is 6.51. The number of benzene rings is 1. The number of amides is 1. The minimum Gasteiger partial charge on any atom is -0.504 e. The Morgan fingerprint density at radius 3 is 2.67 bits per heavy atom. The summed E-state index contributed by atoms with van der Waals surface area (Å²) in [5.74, 6) is -5.22. The van der Waals surface area contributed by atoms with Crippen molar-refractivity contribution in [3.8, 4) is 16.9 Å². The number of anilines is 2. The Morgan fingerprint density at radius 1 is 1.19 bits per heavy atom. The number of halogens is 4. The number of methoxy groups -OCH3 is 1. The lowest BCUT2D eigenvalue weighted by molar-refractivity contribution is -0.116. The predicted molar refractivity (Wildman–Crippen MR) is 172 cm³/mol. The quantitative estimate of drug-likeness (QED) is 0.198. The third-order valence-corrected chi connectivity index (χ3v) is 9.24. The molecule has 2 aliphatic rings. The number of aromatic hydroxyl groups is 1. The SMILES string of the molecule is CO[C@@H](C)CN1CCN(c2cc(NC(=O)Cn3cc(-c4cc(C=O)c(O)c(F)c4F)c4c(=O)n5c(nc43)CCC5)c(Cl)c(F)n2)C(C)C1. The minimum absolute atomic E-state index is 0.0281. The van der Waals surface area contributed by atoms with E-state index in [1.807, 2.05) is 18.7 Å². The van der Waals surface area contributed by atoms with Crippen molar-refractivity contribution in [3.63, 3.8) is 0 Å². The first-order valence-electron chi connectivity index (χ1n) is 15.4. The molecule has 0 saturated carbocycles. The second-order valence-corrected chi connectivity index (χ2v) is 12.5.